The highest BCUT2D eigenvalue weighted by Gasteiger charge is 2.46. The number of ketones is 1. The number of likely N-dealkylation sites (N-methyl/N-ethyl adjacent to an activating group) is 1. The monoisotopic (exact) mass is 398 g/mol. The van der Waals surface area contributed by atoms with E-state index in [4.69, 9.17) is 0 Å². The van der Waals surface area contributed by atoms with Gasteiger partial charge in [-0.25, -0.2) is 14.4 Å². The van der Waals surface area contributed by atoms with Crippen molar-refractivity contribution in [3.63, 3.8) is 0 Å². The van der Waals surface area contributed by atoms with Crippen LogP contribution in [0, 0.1) is 19.7 Å². The molecule has 0 aliphatic carbocycles. The van der Waals surface area contributed by atoms with Gasteiger partial charge >= 0.3 is 0 Å². The van der Waals surface area contributed by atoms with E-state index in [2.05, 4.69) is 9.97 Å². The number of aromatic nitrogens is 2. The molecular weight excluding hydrogens is 375 g/mol. The maximum absolute atomic E-state index is 13.9. The number of nitrogens with zero attached hydrogens (tertiary/aromatic N) is 4. The highest BCUT2D eigenvalue weighted by Crippen LogP contribution is 2.39. The van der Waals surface area contributed by atoms with Crippen molar-refractivity contribution in [1.82, 2.24) is 19.8 Å². The molecule has 29 heavy (non-hydrogen) atoms. The van der Waals surface area contributed by atoms with E-state index < -0.39 is 23.5 Å². The van der Waals surface area contributed by atoms with Gasteiger partial charge in [0.15, 0.2) is 0 Å². The van der Waals surface area contributed by atoms with E-state index in [-0.39, 0.29) is 23.4 Å². The minimum absolute atomic E-state index is 0.0880. The number of Topliss-reactive ketones (excluding diaryl/α,β-unsaturated/α-hetero) is 1. The number of amides is 1. The maximum Gasteiger partial charge on any atom is 0.295 e. The normalized spacial score (nSPS) is 18.7. The third kappa shape index (κ3) is 4.02. The van der Waals surface area contributed by atoms with Crippen molar-refractivity contribution in [2.45, 2.75) is 19.9 Å². The van der Waals surface area contributed by atoms with Crippen molar-refractivity contribution in [1.29, 1.82) is 0 Å². The maximum atomic E-state index is 13.9. The first-order valence-corrected chi connectivity index (χ1v) is 9.20. The smallest absolute Gasteiger partial charge is 0.295 e. The molecule has 8 heteroatoms. The van der Waals surface area contributed by atoms with Gasteiger partial charge in [0.1, 0.15) is 17.4 Å². The summed E-state index contributed by atoms with van der Waals surface area (Å²) in [6, 6.07) is 4.80. The molecular formula is C21H23FN4O3. The number of rotatable bonds is 5. The molecule has 1 N–H and O–H groups in total. The van der Waals surface area contributed by atoms with Gasteiger partial charge in [-0.2, -0.15) is 0 Å². The lowest BCUT2D eigenvalue weighted by Gasteiger charge is -2.26. The average Bonchev–Trinajstić information content (AvgIpc) is 2.90. The Morgan fingerprint density at radius 3 is 2.62 bits per heavy atom. The number of carbonyl (C=O) groups excluding carboxylic acids is 2. The Kier molecular flexibility index (Phi) is 5.74. The third-order valence-corrected chi connectivity index (χ3v) is 4.85. The van der Waals surface area contributed by atoms with Gasteiger partial charge < -0.3 is 14.9 Å². The zero-order valence-corrected chi connectivity index (χ0v) is 16.8. The first-order valence-electron chi connectivity index (χ1n) is 9.20. The van der Waals surface area contributed by atoms with Gasteiger partial charge in [0.25, 0.3) is 11.7 Å². The molecule has 1 aromatic carbocycles. The van der Waals surface area contributed by atoms with E-state index in [0.717, 1.165) is 0 Å². The Bertz CT molecular complexity index is 1000. The van der Waals surface area contributed by atoms with Crippen LogP contribution >= 0.6 is 0 Å². The van der Waals surface area contributed by atoms with Gasteiger partial charge in [0.05, 0.1) is 22.9 Å². The average molecular weight is 398 g/mol. The molecule has 152 valence electrons. The predicted molar refractivity (Wildman–Crippen MR) is 105 cm³/mol. The molecule has 1 aliphatic rings. The Labute approximate surface area is 168 Å². The second-order valence-electron chi connectivity index (χ2n) is 7.27. The van der Waals surface area contributed by atoms with Gasteiger partial charge in [-0.15, -0.1) is 0 Å². The van der Waals surface area contributed by atoms with Crippen LogP contribution in [0.3, 0.4) is 0 Å². The lowest BCUT2D eigenvalue weighted by Crippen LogP contribution is -2.35. The SMILES string of the molecule is Cc1ncc(/C(O)=C2\C(=O)C(=O)N(CCN(C)C)C2c2cccc(F)c2)c(C)n1. The van der Waals surface area contributed by atoms with Crippen LogP contribution in [-0.2, 0) is 9.59 Å². The van der Waals surface area contributed by atoms with Crippen LogP contribution in [0.5, 0.6) is 0 Å². The summed E-state index contributed by atoms with van der Waals surface area (Å²) in [5.41, 5.74) is 1.07. The summed E-state index contributed by atoms with van der Waals surface area (Å²) in [6.07, 6.45) is 1.42. The number of halogens is 1. The molecule has 7 nitrogen and oxygen atoms in total. The van der Waals surface area contributed by atoms with Crippen LogP contribution in [0.4, 0.5) is 4.39 Å². The molecule has 1 fully saturated rings. The van der Waals surface area contributed by atoms with Crippen LogP contribution in [0.25, 0.3) is 5.76 Å². The number of aliphatic hydroxyl groups is 1. The van der Waals surface area contributed by atoms with Crippen molar-refractivity contribution in [3.8, 4) is 0 Å². The van der Waals surface area contributed by atoms with E-state index in [0.29, 0.717) is 23.6 Å². The Morgan fingerprint density at radius 2 is 2.00 bits per heavy atom. The van der Waals surface area contributed by atoms with E-state index in [1.807, 2.05) is 19.0 Å². The van der Waals surface area contributed by atoms with Gasteiger partial charge in [0.2, 0.25) is 0 Å². The summed E-state index contributed by atoms with van der Waals surface area (Å²) in [6.45, 7) is 4.15. The molecule has 2 aromatic rings. The van der Waals surface area contributed by atoms with E-state index in [9.17, 15) is 19.1 Å². The molecule has 1 atom stereocenters. The zero-order chi connectivity index (χ0) is 21.3. The van der Waals surface area contributed by atoms with Gasteiger partial charge in [-0.05, 0) is 45.6 Å². The largest absolute Gasteiger partial charge is 0.507 e. The Hall–Kier alpha value is -3.13. The van der Waals surface area contributed by atoms with Crippen molar-refractivity contribution < 1.29 is 19.1 Å². The van der Waals surface area contributed by atoms with Crippen LogP contribution < -0.4 is 0 Å². The fourth-order valence-corrected chi connectivity index (χ4v) is 3.40. The highest BCUT2D eigenvalue weighted by molar-refractivity contribution is 6.46. The summed E-state index contributed by atoms with van der Waals surface area (Å²) >= 11 is 0. The fraction of sp³-hybridized carbons (Fsp3) is 0.333. The number of likely N-dealkylation sites (tertiary alicyclic amines) is 1. The van der Waals surface area contributed by atoms with E-state index in [1.165, 1.54) is 29.3 Å². The summed E-state index contributed by atoms with van der Waals surface area (Å²) in [4.78, 5) is 37.2. The summed E-state index contributed by atoms with van der Waals surface area (Å²) in [5.74, 6) is -1.87. The second kappa shape index (κ2) is 8.08. The van der Waals surface area contributed by atoms with Crippen LogP contribution in [0.1, 0.15) is 28.7 Å². The van der Waals surface area contributed by atoms with Crippen LogP contribution in [0.2, 0.25) is 0 Å². The standard InChI is InChI=1S/C21H23FN4O3/c1-12-16(11-23-13(2)24-12)19(27)17-18(14-6-5-7-15(22)10-14)26(9-8-25(3)4)21(29)20(17)28/h5-7,10-11,18,27H,8-9H2,1-4H3/b19-17+. The lowest BCUT2D eigenvalue weighted by molar-refractivity contribution is -0.140. The lowest BCUT2D eigenvalue weighted by atomic mass is 9.95. The molecule has 0 spiro atoms. The first kappa shape index (κ1) is 20.6. The number of hydrogen-bond donors (Lipinski definition) is 1. The van der Waals surface area contributed by atoms with Crippen molar-refractivity contribution in [2.24, 2.45) is 0 Å². The molecule has 3 rings (SSSR count). The van der Waals surface area contributed by atoms with E-state index >= 15 is 0 Å². The molecule has 0 saturated carbocycles. The number of hydrogen-bond acceptors (Lipinski definition) is 6. The van der Waals surface area contributed by atoms with Gasteiger partial charge in [-0.3, -0.25) is 9.59 Å². The molecule has 1 aliphatic heterocycles. The van der Waals surface area contributed by atoms with Crippen molar-refractivity contribution >= 4 is 17.4 Å². The molecule has 0 radical (unpaired) electrons. The number of aryl methyl sites for hydroxylation is 2. The Balaban J connectivity index is 2.19. The summed E-state index contributed by atoms with van der Waals surface area (Å²) in [7, 11) is 3.70. The minimum atomic E-state index is -0.897. The fourth-order valence-electron chi connectivity index (χ4n) is 3.40. The summed E-state index contributed by atoms with van der Waals surface area (Å²) < 4.78 is 13.9. The van der Waals surface area contributed by atoms with E-state index in [1.54, 1.807) is 19.9 Å². The molecule has 1 aromatic heterocycles. The van der Waals surface area contributed by atoms with Gasteiger partial charge in [0, 0.05) is 19.3 Å². The van der Waals surface area contributed by atoms with Crippen LogP contribution in [0.15, 0.2) is 36.0 Å². The van der Waals surface area contributed by atoms with Crippen molar-refractivity contribution in [2.75, 3.05) is 27.2 Å². The molecule has 2 heterocycles. The first-order chi connectivity index (χ1) is 13.7. The number of carbonyl (C=O) groups is 2. The molecule has 0 bridgehead atoms. The highest BCUT2D eigenvalue weighted by atomic mass is 19.1. The van der Waals surface area contributed by atoms with Crippen LogP contribution in [-0.4, -0.2) is 63.7 Å². The minimum Gasteiger partial charge on any atom is -0.507 e. The topological polar surface area (TPSA) is 86.6 Å². The summed E-state index contributed by atoms with van der Waals surface area (Å²) in [5, 5.41) is 11.0. The number of aliphatic hydroxyl groups excluding tert-OH is 1. The Morgan fingerprint density at radius 1 is 1.28 bits per heavy atom. The predicted octanol–water partition coefficient (Wildman–Crippen LogP) is 2.22. The van der Waals surface area contributed by atoms with Gasteiger partial charge in [-0.1, -0.05) is 12.1 Å². The molecule has 1 saturated heterocycles. The van der Waals surface area contributed by atoms with Crippen molar-refractivity contribution in [3.05, 3.63) is 64.5 Å². The molecule has 1 unspecified atom stereocenters. The second-order valence-corrected chi connectivity index (χ2v) is 7.27. The quantitative estimate of drug-likeness (QED) is 0.472. The third-order valence-electron chi connectivity index (χ3n) is 4.85. The zero-order valence-electron chi connectivity index (χ0n) is 16.8. The molecule has 1 amide bonds. The number of benzene rings is 1.